The Morgan fingerprint density at radius 2 is 2.11 bits per heavy atom. The fourth-order valence-electron chi connectivity index (χ4n) is 3.76. The Kier molecular flexibility index (Phi) is 4.39. The zero-order valence-corrected chi connectivity index (χ0v) is 15.0. The molecule has 1 aliphatic rings. The van der Waals surface area contributed by atoms with Gasteiger partial charge in [-0.3, -0.25) is 19.1 Å². The van der Waals surface area contributed by atoms with Crippen molar-refractivity contribution in [1.29, 1.82) is 0 Å². The minimum Gasteiger partial charge on any atom is -0.339 e. The van der Waals surface area contributed by atoms with Gasteiger partial charge in [-0.05, 0) is 24.5 Å². The summed E-state index contributed by atoms with van der Waals surface area (Å²) in [6.07, 6.45) is 6.31. The molecule has 4 rings (SSSR count). The summed E-state index contributed by atoms with van der Waals surface area (Å²) >= 11 is 0. The van der Waals surface area contributed by atoms with Gasteiger partial charge in [0.05, 0.1) is 23.3 Å². The number of hydrogen-bond acceptors (Lipinski definition) is 4. The van der Waals surface area contributed by atoms with Gasteiger partial charge in [0.15, 0.2) is 0 Å². The van der Waals surface area contributed by atoms with Gasteiger partial charge in [0, 0.05) is 25.5 Å². The van der Waals surface area contributed by atoms with E-state index in [4.69, 9.17) is 0 Å². The lowest BCUT2D eigenvalue weighted by atomic mass is 9.93. The third kappa shape index (κ3) is 3.18. The van der Waals surface area contributed by atoms with E-state index in [0.29, 0.717) is 29.9 Å². The van der Waals surface area contributed by atoms with Gasteiger partial charge in [0.1, 0.15) is 6.54 Å². The molecule has 8 heteroatoms. The highest BCUT2D eigenvalue weighted by atomic mass is 16.2. The van der Waals surface area contributed by atoms with Crippen LogP contribution in [0.25, 0.3) is 10.9 Å². The van der Waals surface area contributed by atoms with Crippen LogP contribution in [0.4, 0.5) is 0 Å². The van der Waals surface area contributed by atoms with Crippen molar-refractivity contribution >= 4 is 16.8 Å². The molecule has 1 aliphatic heterocycles. The number of aromatic amines is 1. The summed E-state index contributed by atoms with van der Waals surface area (Å²) in [6.45, 7) is 3.31. The molecule has 1 aromatic carbocycles. The van der Waals surface area contributed by atoms with Gasteiger partial charge in [0.25, 0.3) is 5.56 Å². The van der Waals surface area contributed by atoms with Gasteiger partial charge in [-0.1, -0.05) is 19.1 Å². The fourth-order valence-corrected chi connectivity index (χ4v) is 3.76. The molecule has 2 unspecified atom stereocenters. The first kappa shape index (κ1) is 17.3. The summed E-state index contributed by atoms with van der Waals surface area (Å²) in [5, 5.41) is 0.397. The number of imidazole rings is 1. The molecule has 0 aliphatic carbocycles. The van der Waals surface area contributed by atoms with Crippen molar-refractivity contribution in [2.24, 2.45) is 5.92 Å². The maximum Gasteiger partial charge on any atom is 0.329 e. The number of benzene rings is 1. The van der Waals surface area contributed by atoms with Crippen LogP contribution in [0.2, 0.25) is 0 Å². The number of carbonyl (C=O) groups is 1. The SMILES string of the molecule is CC1CCN(C(=O)Cn2c(=O)[nH]c(=O)c3ccccc32)CC1n1ccnc1. The lowest BCUT2D eigenvalue weighted by Crippen LogP contribution is -2.46. The predicted octanol–water partition coefficient (Wildman–Crippen LogP) is 0.996. The molecule has 0 radical (unpaired) electrons. The summed E-state index contributed by atoms with van der Waals surface area (Å²) < 4.78 is 3.37. The van der Waals surface area contributed by atoms with E-state index in [1.807, 2.05) is 10.8 Å². The van der Waals surface area contributed by atoms with Crippen LogP contribution < -0.4 is 11.2 Å². The molecule has 140 valence electrons. The highest BCUT2D eigenvalue weighted by Gasteiger charge is 2.30. The molecular formula is C19H21N5O3. The molecule has 1 saturated heterocycles. The van der Waals surface area contributed by atoms with Gasteiger partial charge in [0.2, 0.25) is 5.91 Å². The number of piperidine rings is 1. The molecular weight excluding hydrogens is 346 g/mol. The lowest BCUT2D eigenvalue weighted by molar-refractivity contribution is -0.134. The lowest BCUT2D eigenvalue weighted by Gasteiger charge is -2.37. The Hall–Kier alpha value is -3.16. The standard InChI is InChI=1S/C19H21N5O3/c1-13-6-8-22(10-16(13)23-9-7-20-12-23)17(25)11-24-15-5-3-2-4-14(15)18(26)21-19(24)27/h2-5,7,9,12-13,16H,6,8,10-11H2,1H3,(H,21,26,27). The van der Waals surface area contributed by atoms with Gasteiger partial charge in [-0.15, -0.1) is 0 Å². The van der Waals surface area contributed by atoms with Crippen LogP contribution >= 0.6 is 0 Å². The van der Waals surface area contributed by atoms with E-state index in [9.17, 15) is 14.4 Å². The minimum absolute atomic E-state index is 0.0961. The van der Waals surface area contributed by atoms with Crippen LogP contribution in [0.5, 0.6) is 0 Å². The number of H-pyrrole nitrogens is 1. The van der Waals surface area contributed by atoms with Crippen molar-refractivity contribution in [3.63, 3.8) is 0 Å². The first-order valence-corrected chi connectivity index (χ1v) is 9.01. The van der Waals surface area contributed by atoms with E-state index < -0.39 is 11.2 Å². The molecule has 8 nitrogen and oxygen atoms in total. The van der Waals surface area contributed by atoms with Gasteiger partial charge >= 0.3 is 5.69 Å². The monoisotopic (exact) mass is 367 g/mol. The second-order valence-electron chi connectivity index (χ2n) is 7.05. The third-order valence-electron chi connectivity index (χ3n) is 5.38. The normalized spacial score (nSPS) is 20.1. The number of amides is 1. The Labute approximate surface area is 155 Å². The molecule has 0 spiro atoms. The molecule has 3 heterocycles. The molecule has 27 heavy (non-hydrogen) atoms. The number of hydrogen-bond donors (Lipinski definition) is 1. The Morgan fingerprint density at radius 3 is 2.89 bits per heavy atom. The molecule has 0 saturated carbocycles. The average Bonchev–Trinajstić information content (AvgIpc) is 3.20. The molecule has 1 N–H and O–H groups in total. The second-order valence-corrected chi connectivity index (χ2v) is 7.05. The van der Waals surface area contributed by atoms with E-state index in [1.54, 1.807) is 41.7 Å². The summed E-state index contributed by atoms with van der Waals surface area (Å²) in [6, 6.07) is 6.97. The van der Waals surface area contributed by atoms with Crippen molar-refractivity contribution in [3.05, 3.63) is 63.8 Å². The number of aromatic nitrogens is 4. The van der Waals surface area contributed by atoms with Crippen LogP contribution in [0, 0.1) is 5.92 Å². The number of nitrogens with one attached hydrogen (secondary N) is 1. The van der Waals surface area contributed by atoms with E-state index in [0.717, 1.165) is 6.42 Å². The topological polar surface area (TPSA) is 93.0 Å². The first-order chi connectivity index (χ1) is 13.0. The Balaban J connectivity index is 1.61. The molecule has 2 atom stereocenters. The van der Waals surface area contributed by atoms with Crippen molar-refractivity contribution in [1.82, 2.24) is 24.0 Å². The predicted molar refractivity (Wildman–Crippen MR) is 100 cm³/mol. The van der Waals surface area contributed by atoms with E-state index in [2.05, 4.69) is 16.9 Å². The van der Waals surface area contributed by atoms with Crippen LogP contribution in [-0.4, -0.2) is 43.0 Å². The van der Waals surface area contributed by atoms with E-state index in [1.165, 1.54) is 4.57 Å². The molecule has 1 fully saturated rings. The third-order valence-corrected chi connectivity index (χ3v) is 5.38. The van der Waals surface area contributed by atoms with E-state index >= 15 is 0 Å². The smallest absolute Gasteiger partial charge is 0.329 e. The van der Waals surface area contributed by atoms with Crippen molar-refractivity contribution in [2.45, 2.75) is 25.9 Å². The Bertz CT molecular complexity index is 1080. The highest BCUT2D eigenvalue weighted by molar-refractivity contribution is 5.81. The van der Waals surface area contributed by atoms with Crippen LogP contribution in [0.3, 0.4) is 0 Å². The van der Waals surface area contributed by atoms with Crippen molar-refractivity contribution in [3.8, 4) is 0 Å². The Morgan fingerprint density at radius 1 is 1.30 bits per heavy atom. The van der Waals surface area contributed by atoms with Crippen LogP contribution in [-0.2, 0) is 11.3 Å². The maximum absolute atomic E-state index is 12.9. The maximum atomic E-state index is 12.9. The number of rotatable bonds is 3. The number of nitrogens with zero attached hydrogens (tertiary/aromatic N) is 4. The number of likely N-dealkylation sites (tertiary alicyclic amines) is 1. The van der Waals surface area contributed by atoms with Gasteiger partial charge in [-0.2, -0.15) is 0 Å². The van der Waals surface area contributed by atoms with Gasteiger partial charge in [-0.25, -0.2) is 9.78 Å². The van der Waals surface area contributed by atoms with Gasteiger partial charge < -0.3 is 9.47 Å². The van der Waals surface area contributed by atoms with Crippen molar-refractivity contribution < 1.29 is 4.79 Å². The highest BCUT2D eigenvalue weighted by Crippen LogP contribution is 2.27. The quantitative estimate of drug-likeness (QED) is 0.747. The molecule has 0 bridgehead atoms. The summed E-state index contributed by atoms with van der Waals surface area (Å²) in [5.41, 5.74) is -0.536. The number of carbonyl (C=O) groups excluding carboxylic acids is 1. The minimum atomic E-state index is -0.566. The number of fused-ring (bicyclic) bond motifs is 1. The van der Waals surface area contributed by atoms with E-state index in [-0.39, 0.29) is 18.5 Å². The molecule has 3 aromatic rings. The fraction of sp³-hybridized carbons (Fsp3) is 0.368. The second kappa shape index (κ2) is 6.86. The molecule has 1 amide bonds. The molecule has 2 aromatic heterocycles. The zero-order chi connectivity index (χ0) is 19.0. The summed E-state index contributed by atoms with van der Waals surface area (Å²) in [7, 11) is 0. The summed E-state index contributed by atoms with van der Waals surface area (Å²) in [5.74, 6) is 0.297. The number of para-hydroxylation sites is 1. The van der Waals surface area contributed by atoms with Crippen LogP contribution in [0.1, 0.15) is 19.4 Å². The average molecular weight is 367 g/mol. The summed E-state index contributed by atoms with van der Waals surface area (Å²) in [4.78, 5) is 45.4. The van der Waals surface area contributed by atoms with Crippen LogP contribution in [0.15, 0.2) is 52.6 Å². The first-order valence-electron chi connectivity index (χ1n) is 9.01. The van der Waals surface area contributed by atoms with Crippen molar-refractivity contribution in [2.75, 3.05) is 13.1 Å². The largest absolute Gasteiger partial charge is 0.339 e. The zero-order valence-electron chi connectivity index (χ0n) is 15.0.